The number of carboxylic acid groups (broad SMARTS) is 1. The van der Waals surface area contributed by atoms with Crippen LogP contribution < -0.4 is 10.6 Å². The standard InChI is InChI=1S/C19H17F3N2O4/c1-11(25)23-14-8-6-12(7-9-14)17(26)24-16(18(27)28)10-13-4-2-3-5-15(13)19(20,21)22/h2-9,16H,10H2,1H3,(H,23,25)(H,24,26)(H,27,28)/t16-/m1/s1. The van der Waals surface area contributed by atoms with E-state index >= 15 is 0 Å². The van der Waals surface area contributed by atoms with E-state index in [-0.39, 0.29) is 17.0 Å². The lowest BCUT2D eigenvalue weighted by molar-refractivity contribution is -0.141. The smallest absolute Gasteiger partial charge is 0.416 e. The molecule has 0 saturated heterocycles. The molecule has 2 aromatic rings. The normalized spacial score (nSPS) is 12.1. The molecule has 0 unspecified atom stereocenters. The molecule has 0 heterocycles. The SMILES string of the molecule is CC(=O)Nc1ccc(C(=O)N[C@H](Cc2ccccc2C(F)(F)F)C(=O)O)cc1. The molecule has 2 amide bonds. The van der Waals surface area contributed by atoms with Crippen molar-refractivity contribution < 1.29 is 32.7 Å². The number of carbonyl (C=O) groups is 3. The monoisotopic (exact) mass is 394 g/mol. The highest BCUT2D eigenvalue weighted by Gasteiger charge is 2.34. The second-order valence-corrected chi connectivity index (χ2v) is 5.98. The Morgan fingerprint density at radius 1 is 1.04 bits per heavy atom. The van der Waals surface area contributed by atoms with E-state index in [1.807, 2.05) is 0 Å². The molecule has 0 aliphatic carbocycles. The number of nitrogens with one attached hydrogen (secondary N) is 2. The molecule has 28 heavy (non-hydrogen) atoms. The number of carbonyl (C=O) groups excluding carboxylic acids is 2. The van der Waals surface area contributed by atoms with Gasteiger partial charge >= 0.3 is 12.1 Å². The molecule has 148 valence electrons. The van der Waals surface area contributed by atoms with Crippen LogP contribution in [0.15, 0.2) is 48.5 Å². The van der Waals surface area contributed by atoms with Gasteiger partial charge in [-0.1, -0.05) is 18.2 Å². The van der Waals surface area contributed by atoms with E-state index in [9.17, 15) is 32.7 Å². The van der Waals surface area contributed by atoms with E-state index in [4.69, 9.17) is 0 Å². The predicted molar refractivity (Wildman–Crippen MR) is 94.8 cm³/mol. The summed E-state index contributed by atoms with van der Waals surface area (Å²) in [6.45, 7) is 1.32. The molecule has 0 aromatic heterocycles. The zero-order chi connectivity index (χ0) is 20.9. The van der Waals surface area contributed by atoms with Crippen LogP contribution in [0.4, 0.5) is 18.9 Å². The second kappa shape index (κ2) is 8.55. The molecule has 2 aromatic carbocycles. The average molecular weight is 394 g/mol. The quantitative estimate of drug-likeness (QED) is 0.702. The van der Waals surface area contributed by atoms with Gasteiger partial charge in [0.25, 0.3) is 5.91 Å². The van der Waals surface area contributed by atoms with E-state index < -0.39 is 36.1 Å². The highest BCUT2D eigenvalue weighted by atomic mass is 19.4. The fraction of sp³-hybridized carbons (Fsp3) is 0.211. The Morgan fingerprint density at radius 2 is 1.64 bits per heavy atom. The van der Waals surface area contributed by atoms with Crippen LogP contribution in [0.2, 0.25) is 0 Å². The minimum atomic E-state index is -4.64. The van der Waals surface area contributed by atoms with Crippen LogP contribution >= 0.6 is 0 Å². The van der Waals surface area contributed by atoms with Crippen molar-refractivity contribution in [2.75, 3.05) is 5.32 Å². The van der Waals surface area contributed by atoms with Crippen LogP contribution in [0.3, 0.4) is 0 Å². The average Bonchev–Trinajstić information content (AvgIpc) is 2.60. The lowest BCUT2D eigenvalue weighted by Crippen LogP contribution is -2.42. The fourth-order valence-electron chi connectivity index (χ4n) is 2.54. The maximum atomic E-state index is 13.1. The molecule has 2 rings (SSSR count). The van der Waals surface area contributed by atoms with E-state index in [0.29, 0.717) is 5.69 Å². The molecular formula is C19H17F3N2O4. The first-order valence-electron chi connectivity index (χ1n) is 8.14. The van der Waals surface area contributed by atoms with Crippen LogP contribution in [0.1, 0.15) is 28.4 Å². The zero-order valence-electron chi connectivity index (χ0n) is 14.7. The van der Waals surface area contributed by atoms with Crippen molar-refractivity contribution in [1.82, 2.24) is 5.32 Å². The Labute approximate surface area is 158 Å². The van der Waals surface area contributed by atoms with Crippen molar-refractivity contribution >= 4 is 23.5 Å². The van der Waals surface area contributed by atoms with Crippen molar-refractivity contribution in [3.8, 4) is 0 Å². The van der Waals surface area contributed by atoms with Gasteiger partial charge in [-0.25, -0.2) is 4.79 Å². The van der Waals surface area contributed by atoms with Crippen LogP contribution in [0.5, 0.6) is 0 Å². The van der Waals surface area contributed by atoms with Gasteiger partial charge in [-0.15, -0.1) is 0 Å². The Bertz CT molecular complexity index is 879. The number of aliphatic carboxylic acids is 1. The maximum absolute atomic E-state index is 13.1. The van der Waals surface area contributed by atoms with Gasteiger partial charge in [-0.2, -0.15) is 13.2 Å². The molecule has 0 radical (unpaired) electrons. The largest absolute Gasteiger partial charge is 0.480 e. The van der Waals surface area contributed by atoms with Gasteiger partial charge in [-0.3, -0.25) is 9.59 Å². The van der Waals surface area contributed by atoms with Gasteiger partial charge in [-0.05, 0) is 35.9 Å². The molecule has 0 fully saturated rings. The first-order chi connectivity index (χ1) is 13.1. The zero-order valence-corrected chi connectivity index (χ0v) is 14.7. The van der Waals surface area contributed by atoms with Gasteiger partial charge < -0.3 is 15.7 Å². The first-order valence-corrected chi connectivity index (χ1v) is 8.14. The molecule has 1 atom stereocenters. The number of amides is 2. The summed E-state index contributed by atoms with van der Waals surface area (Å²) in [7, 11) is 0. The van der Waals surface area contributed by atoms with Crippen molar-refractivity contribution in [1.29, 1.82) is 0 Å². The van der Waals surface area contributed by atoms with Crippen molar-refractivity contribution in [2.45, 2.75) is 25.6 Å². The minimum Gasteiger partial charge on any atom is -0.480 e. The van der Waals surface area contributed by atoms with Gasteiger partial charge in [0.15, 0.2) is 0 Å². The Balaban J connectivity index is 2.17. The summed E-state index contributed by atoms with van der Waals surface area (Å²) < 4.78 is 39.3. The molecule has 0 aliphatic heterocycles. The number of rotatable bonds is 6. The highest BCUT2D eigenvalue weighted by molar-refractivity contribution is 5.97. The van der Waals surface area contributed by atoms with Gasteiger partial charge in [0.05, 0.1) is 5.56 Å². The number of hydrogen-bond donors (Lipinski definition) is 3. The summed E-state index contributed by atoms with van der Waals surface area (Å²) in [6, 6.07) is 8.68. The summed E-state index contributed by atoms with van der Waals surface area (Å²) >= 11 is 0. The van der Waals surface area contributed by atoms with Gasteiger partial charge in [0, 0.05) is 24.6 Å². The predicted octanol–water partition coefficient (Wildman–Crippen LogP) is 3.09. The molecule has 9 heteroatoms. The van der Waals surface area contributed by atoms with Crippen LogP contribution in [0.25, 0.3) is 0 Å². The molecule has 0 saturated carbocycles. The lowest BCUT2D eigenvalue weighted by atomic mass is 9.99. The topological polar surface area (TPSA) is 95.5 Å². The molecular weight excluding hydrogens is 377 g/mol. The second-order valence-electron chi connectivity index (χ2n) is 5.98. The number of hydrogen-bond acceptors (Lipinski definition) is 3. The third-order valence-electron chi connectivity index (χ3n) is 3.82. The van der Waals surface area contributed by atoms with Crippen LogP contribution in [-0.4, -0.2) is 28.9 Å². The summed E-state index contributed by atoms with van der Waals surface area (Å²) in [5.74, 6) is -2.52. The van der Waals surface area contributed by atoms with E-state index in [1.165, 1.54) is 49.4 Å². The molecule has 0 aliphatic rings. The van der Waals surface area contributed by atoms with E-state index in [1.54, 1.807) is 0 Å². The molecule has 0 spiro atoms. The Kier molecular flexibility index (Phi) is 6.40. The Morgan fingerprint density at radius 3 is 2.18 bits per heavy atom. The number of carboxylic acids is 1. The molecule has 3 N–H and O–H groups in total. The number of anilines is 1. The number of benzene rings is 2. The Hall–Kier alpha value is -3.36. The summed E-state index contributed by atoms with van der Waals surface area (Å²) in [6.07, 6.45) is -5.16. The third kappa shape index (κ3) is 5.57. The molecule has 6 nitrogen and oxygen atoms in total. The van der Waals surface area contributed by atoms with E-state index in [0.717, 1.165) is 6.07 Å². The highest BCUT2D eigenvalue weighted by Crippen LogP contribution is 2.32. The van der Waals surface area contributed by atoms with Crippen molar-refractivity contribution in [3.63, 3.8) is 0 Å². The van der Waals surface area contributed by atoms with Crippen LogP contribution in [0, 0.1) is 0 Å². The van der Waals surface area contributed by atoms with Crippen LogP contribution in [-0.2, 0) is 22.2 Å². The third-order valence-corrected chi connectivity index (χ3v) is 3.82. The number of alkyl halides is 3. The molecule has 0 bridgehead atoms. The summed E-state index contributed by atoms with van der Waals surface area (Å²) in [5, 5.41) is 14.1. The number of halogens is 3. The van der Waals surface area contributed by atoms with Gasteiger partial charge in [0.1, 0.15) is 6.04 Å². The van der Waals surface area contributed by atoms with E-state index in [2.05, 4.69) is 10.6 Å². The lowest BCUT2D eigenvalue weighted by Gasteiger charge is -2.18. The summed E-state index contributed by atoms with van der Waals surface area (Å²) in [5.41, 5.74) is -0.638. The minimum absolute atomic E-state index is 0.101. The van der Waals surface area contributed by atoms with Gasteiger partial charge in [0.2, 0.25) is 5.91 Å². The van der Waals surface area contributed by atoms with Crippen molar-refractivity contribution in [2.24, 2.45) is 0 Å². The fourth-order valence-corrected chi connectivity index (χ4v) is 2.54. The maximum Gasteiger partial charge on any atom is 0.416 e. The van der Waals surface area contributed by atoms with Crippen molar-refractivity contribution in [3.05, 3.63) is 65.2 Å². The summed E-state index contributed by atoms with van der Waals surface area (Å²) in [4.78, 5) is 34.7. The first kappa shape index (κ1) is 20.9.